The van der Waals surface area contributed by atoms with Crippen LogP contribution in [0.2, 0.25) is 5.02 Å². The summed E-state index contributed by atoms with van der Waals surface area (Å²) >= 11 is 6.02. The standard InChI is InChI=1S/C24H18ClF2N3O2/c1-13-28-21-4-2-15(9-22(21)29-13)14-3-5-23-16(8-14)12-30(6-7-32-23)24(31)17-10-19(26)20(27)11-18(17)25/h2-5,8-11H,6-7,12H2,1H3,(H,28,29). The Morgan fingerprint density at radius 2 is 1.84 bits per heavy atom. The molecule has 1 aliphatic heterocycles. The number of amides is 1. The molecule has 0 saturated carbocycles. The number of carbonyl (C=O) groups is 1. The molecule has 1 aromatic heterocycles. The SMILES string of the molecule is Cc1nc2ccc(-c3ccc4c(c3)CN(C(=O)c3cc(F)c(F)cc3Cl)CCO4)cc2[nH]1. The number of aromatic amines is 1. The molecule has 0 spiro atoms. The number of hydrogen-bond acceptors (Lipinski definition) is 3. The van der Waals surface area contributed by atoms with Crippen molar-refractivity contribution in [2.24, 2.45) is 0 Å². The number of aryl methyl sites for hydroxylation is 1. The number of halogens is 3. The van der Waals surface area contributed by atoms with Crippen molar-refractivity contribution in [3.63, 3.8) is 0 Å². The summed E-state index contributed by atoms with van der Waals surface area (Å²) in [6, 6.07) is 13.4. The molecule has 0 fully saturated rings. The fourth-order valence-corrected chi connectivity index (χ4v) is 4.15. The maximum absolute atomic E-state index is 13.7. The summed E-state index contributed by atoms with van der Waals surface area (Å²) in [5, 5.41) is -0.129. The lowest BCUT2D eigenvalue weighted by Gasteiger charge is -2.21. The number of ether oxygens (including phenoxy) is 1. The van der Waals surface area contributed by atoms with Crippen LogP contribution in [0.1, 0.15) is 21.7 Å². The second kappa shape index (κ2) is 7.91. The number of fused-ring (bicyclic) bond motifs is 2. The number of imidazole rings is 1. The topological polar surface area (TPSA) is 58.2 Å². The predicted molar refractivity (Wildman–Crippen MR) is 118 cm³/mol. The van der Waals surface area contributed by atoms with Gasteiger partial charge in [-0.05, 0) is 54.4 Å². The van der Waals surface area contributed by atoms with E-state index in [1.165, 1.54) is 4.90 Å². The normalized spacial score (nSPS) is 13.6. The minimum Gasteiger partial charge on any atom is -0.491 e. The van der Waals surface area contributed by atoms with Crippen molar-refractivity contribution in [2.45, 2.75) is 13.5 Å². The van der Waals surface area contributed by atoms with E-state index in [4.69, 9.17) is 16.3 Å². The number of carbonyl (C=O) groups excluding carboxylic acids is 1. The Balaban J connectivity index is 1.48. The molecule has 1 aliphatic rings. The quantitative estimate of drug-likeness (QED) is 0.407. The summed E-state index contributed by atoms with van der Waals surface area (Å²) in [4.78, 5) is 22.2. The van der Waals surface area contributed by atoms with Gasteiger partial charge in [-0.3, -0.25) is 4.79 Å². The molecule has 2 heterocycles. The number of nitrogens with zero attached hydrogens (tertiary/aromatic N) is 2. The molecule has 0 aliphatic carbocycles. The van der Waals surface area contributed by atoms with E-state index in [0.29, 0.717) is 5.75 Å². The number of aromatic nitrogens is 2. The van der Waals surface area contributed by atoms with Gasteiger partial charge in [-0.2, -0.15) is 0 Å². The highest BCUT2D eigenvalue weighted by Gasteiger charge is 2.24. The highest BCUT2D eigenvalue weighted by atomic mass is 35.5. The lowest BCUT2D eigenvalue weighted by Crippen LogP contribution is -2.32. The minimum atomic E-state index is -1.11. The van der Waals surface area contributed by atoms with Crippen LogP contribution in [0.3, 0.4) is 0 Å². The summed E-state index contributed by atoms with van der Waals surface area (Å²) in [5.74, 6) is -1.16. The Morgan fingerprint density at radius 1 is 1.09 bits per heavy atom. The summed E-state index contributed by atoms with van der Waals surface area (Å²) < 4.78 is 33.0. The Hall–Kier alpha value is -3.45. The average molecular weight is 454 g/mol. The summed E-state index contributed by atoms with van der Waals surface area (Å²) in [6.45, 7) is 2.73. The first-order valence-electron chi connectivity index (χ1n) is 10.1. The third kappa shape index (κ3) is 3.69. The summed E-state index contributed by atoms with van der Waals surface area (Å²) in [5.41, 5.74) is 4.52. The zero-order chi connectivity index (χ0) is 22.4. The molecular weight excluding hydrogens is 436 g/mol. The fourth-order valence-electron chi connectivity index (χ4n) is 3.92. The lowest BCUT2D eigenvalue weighted by atomic mass is 10.0. The van der Waals surface area contributed by atoms with Crippen molar-refractivity contribution in [1.82, 2.24) is 14.9 Å². The number of rotatable bonds is 2. The van der Waals surface area contributed by atoms with Gasteiger partial charge >= 0.3 is 0 Å². The van der Waals surface area contributed by atoms with Crippen LogP contribution >= 0.6 is 11.6 Å². The molecule has 162 valence electrons. The van der Waals surface area contributed by atoms with Crippen molar-refractivity contribution >= 4 is 28.5 Å². The van der Waals surface area contributed by atoms with Crippen LogP contribution in [-0.4, -0.2) is 33.9 Å². The van der Waals surface area contributed by atoms with Gasteiger partial charge in [0.25, 0.3) is 5.91 Å². The predicted octanol–water partition coefficient (Wildman–Crippen LogP) is 5.50. The molecule has 0 bridgehead atoms. The maximum atomic E-state index is 13.7. The highest BCUT2D eigenvalue weighted by Crippen LogP contribution is 2.31. The van der Waals surface area contributed by atoms with Crippen LogP contribution < -0.4 is 4.74 Å². The molecular formula is C24H18ClF2N3O2. The zero-order valence-corrected chi connectivity index (χ0v) is 17.8. The van der Waals surface area contributed by atoms with E-state index in [9.17, 15) is 13.6 Å². The number of H-pyrrole nitrogens is 1. The molecule has 5 rings (SSSR count). The molecule has 32 heavy (non-hydrogen) atoms. The van der Waals surface area contributed by atoms with Gasteiger partial charge in [0.15, 0.2) is 11.6 Å². The van der Waals surface area contributed by atoms with Crippen molar-refractivity contribution in [3.8, 4) is 16.9 Å². The van der Waals surface area contributed by atoms with Gasteiger partial charge in [-0.1, -0.05) is 23.7 Å². The Labute approximate surface area is 187 Å². The molecule has 1 amide bonds. The summed E-state index contributed by atoms with van der Waals surface area (Å²) in [7, 11) is 0. The molecule has 4 aromatic rings. The Kier molecular flexibility index (Phi) is 5.06. The molecule has 0 radical (unpaired) electrons. The van der Waals surface area contributed by atoms with Gasteiger partial charge in [0, 0.05) is 12.1 Å². The molecule has 8 heteroatoms. The van der Waals surface area contributed by atoms with E-state index in [1.807, 2.05) is 43.3 Å². The van der Waals surface area contributed by atoms with Crippen LogP contribution in [-0.2, 0) is 6.54 Å². The van der Waals surface area contributed by atoms with Gasteiger partial charge in [0.2, 0.25) is 0 Å². The first kappa shape index (κ1) is 20.5. The van der Waals surface area contributed by atoms with Crippen molar-refractivity contribution < 1.29 is 18.3 Å². The molecule has 0 atom stereocenters. The van der Waals surface area contributed by atoms with Gasteiger partial charge < -0.3 is 14.6 Å². The minimum absolute atomic E-state index is 0.0785. The van der Waals surface area contributed by atoms with Crippen LogP contribution in [0.15, 0.2) is 48.5 Å². The van der Waals surface area contributed by atoms with E-state index < -0.39 is 17.5 Å². The van der Waals surface area contributed by atoms with Crippen molar-refractivity contribution in [1.29, 1.82) is 0 Å². The van der Waals surface area contributed by atoms with Gasteiger partial charge in [-0.25, -0.2) is 13.8 Å². The first-order chi connectivity index (χ1) is 15.4. The van der Waals surface area contributed by atoms with Gasteiger partial charge in [-0.15, -0.1) is 0 Å². The van der Waals surface area contributed by atoms with Gasteiger partial charge in [0.05, 0.1) is 28.2 Å². The second-order valence-electron chi connectivity index (χ2n) is 7.70. The van der Waals surface area contributed by atoms with Crippen molar-refractivity contribution in [3.05, 3.63) is 82.1 Å². The number of benzene rings is 3. The van der Waals surface area contributed by atoms with Crippen LogP contribution in [0.5, 0.6) is 5.75 Å². The second-order valence-corrected chi connectivity index (χ2v) is 8.11. The van der Waals surface area contributed by atoms with E-state index in [-0.39, 0.29) is 30.3 Å². The van der Waals surface area contributed by atoms with E-state index in [0.717, 1.165) is 45.7 Å². The molecule has 5 nitrogen and oxygen atoms in total. The number of hydrogen-bond donors (Lipinski definition) is 1. The van der Waals surface area contributed by atoms with Crippen molar-refractivity contribution in [2.75, 3.05) is 13.2 Å². The third-order valence-corrected chi connectivity index (χ3v) is 5.81. The zero-order valence-electron chi connectivity index (χ0n) is 17.1. The fraction of sp³-hybridized carbons (Fsp3) is 0.167. The summed E-state index contributed by atoms with van der Waals surface area (Å²) in [6.07, 6.45) is 0. The molecule has 3 aromatic carbocycles. The maximum Gasteiger partial charge on any atom is 0.255 e. The molecule has 1 N–H and O–H groups in total. The Bertz CT molecular complexity index is 1370. The van der Waals surface area contributed by atoms with Crippen LogP contribution in [0.4, 0.5) is 8.78 Å². The van der Waals surface area contributed by atoms with Gasteiger partial charge in [0.1, 0.15) is 18.2 Å². The smallest absolute Gasteiger partial charge is 0.255 e. The largest absolute Gasteiger partial charge is 0.491 e. The monoisotopic (exact) mass is 453 g/mol. The highest BCUT2D eigenvalue weighted by molar-refractivity contribution is 6.33. The molecule has 0 unspecified atom stereocenters. The van der Waals surface area contributed by atoms with Crippen LogP contribution in [0, 0.1) is 18.6 Å². The van der Waals surface area contributed by atoms with E-state index in [1.54, 1.807) is 0 Å². The number of nitrogens with one attached hydrogen (secondary N) is 1. The third-order valence-electron chi connectivity index (χ3n) is 5.50. The molecule has 0 saturated heterocycles. The lowest BCUT2D eigenvalue weighted by molar-refractivity contribution is 0.0733. The Morgan fingerprint density at radius 3 is 2.69 bits per heavy atom. The van der Waals surface area contributed by atoms with E-state index >= 15 is 0 Å². The van der Waals surface area contributed by atoms with Crippen LogP contribution in [0.25, 0.3) is 22.2 Å². The average Bonchev–Trinajstić information content (AvgIpc) is 3.01. The van der Waals surface area contributed by atoms with E-state index in [2.05, 4.69) is 9.97 Å². The first-order valence-corrected chi connectivity index (χ1v) is 10.4.